The largest absolute Gasteiger partial charge is 0.497 e. The SMILES string of the molecule is COc1cccc(C2NC(=S)N(CCC(C)C)C(C)=C2c2nc(-c3ccc4c(c3)OCO4)no2)c1. The average molecular weight is 493 g/mol. The minimum Gasteiger partial charge on any atom is -0.497 e. The second-order valence-electron chi connectivity index (χ2n) is 8.98. The highest BCUT2D eigenvalue weighted by molar-refractivity contribution is 7.80. The predicted molar refractivity (Wildman–Crippen MR) is 136 cm³/mol. The van der Waals surface area contributed by atoms with Crippen LogP contribution in [0.2, 0.25) is 0 Å². The van der Waals surface area contributed by atoms with E-state index >= 15 is 0 Å². The van der Waals surface area contributed by atoms with Gasteiger partial charge in [0.15, 0.2) is 16.6 Å². The van der Waals surface area contributed by atoms with Gasteiger partial charge >= 0.3 is 0 Å². The first kappa shape index (κ1) is 23.2. The minimum absolute atomic E-state index is 0.211. The maximum absolute atomic E-state index is 5.83. The summed E-state index contributed by atoms with van der Waals surface area (Å²) in [6, 6.07) is 13.3. The topological polar surface area (TPSA) is 81.9 Å². The molecule has 1 aromatic heterocycles. The van der Waals surface area contributed by atoms with Crippen molar-refractivity contribution in [3.05, 3.63) is 59.6 Å². The molecule has 0 radical (unpaired) electrons. The summed E-state index contributed by atoms with van der Waals surface area (Å²) in [5.41, 5.74) is 3.65. The number of thiocarbonyl (C=S) groups is 1. The average Bonchev–Trinajstić information content (AvgIpc) is 3.52. The third kappa shape index (κ3) is 4.55. The summed E-state index contributed by atoms with van der Waals surface area (Å²) in [5.74, 6) is 3.60. The molecule has 0 saturated carbocycles. The minimum atomic E-state index is -0.266. The highest BCUT2D eigenvalue weighted by Crippen LogP contribution is 2.39. The summed E-state index contributed by atoms with van der Waals surface area (Å²) < 4.78 is 22.2. The molecule has 1 unspecified atom stereocenters. The fourth-order valence-electron chi connectivity index (χ4n) is 4.27. The van der Waals surface area contributed by atoms with Gasteiger partial charge in [-0.1, -0.05) is 31.1 Å². The van der Waals surface area contributed by atoms with Crippen LogP contribution in [0.15, 0.2) is 52.7 Å². The number of rotatable bonds is 7. The Hall–Kier alpha value is -3.59. The molecule has 2 aliphatic heterocycles. The molecule has 8 nitrogen and oxygen atoms in total. The van der Waals surface area contributed by atoms with E-state index in [0.29, 0.717) is 34.2 Å². The van der Waals surface area contributed by atoms with E-state index in [1.807, 2.05) is 42.5 Å². The molecule has 1 N–H and O–H groups in total. The predicted octanol–water partition coefficient (Wildman–Crippen LogP) is 5.18. The fraction of sp³-hybridized carbons (Fsp3) is 0.346. The Balaban J connectivity index is 1.56. The molecule has 0 bridgehead atoms. The van der Waals surface area contributed by atoms with Gasteiger partial charge in [-0.05, 0) is 67.4 Å². The molecule has 0 spiro atoms. The summed E-state index contributed by atoms with van der Waals surface area (Å²) in [4.78, 5) is 6.90. The molecule has 35 heavy (non-hydrogen) atoms. The van der Waals surface area contributed by atoms with Gasteiger partial charge < -0.3 is 29.0 Å². The van der Waals surface area contributed by atoms with E-state index in [1.165, 1.54) is 0 Å². The molecule has 2 aromatic carbocycles. The third-order valence-corrected chi connectivity index (χ3v) is 6.58. The lowest BCUT2D eigenvalue weighted by molar-refractivity contribution is 0.174. The van der Waals surface area contributed by atoms with Crippen LogP contribution in [-0.2, 0) is 0 Å². The van der Waals surface area contributed by atoms with Crippen molar-refractivity contribution in [1.82, 2.24) is 20.4 Å². The normalized spacial score (nSPS) is 17.2. The van der Waals surface area contributed by atoms with Crippen molar-refractivity contribution in [3.63, 3.8) is 0 Å². The number of nitrogens with zero attached hydrogens (tertiary/aromatic N) is 3. The van der Waals surface area contributed by atoms with E-state index in [-0.39, 0.29) is 12.8 Å². The number of ether oxygens (including phenoxy) is 3. The molecule has 3 aromatic rings. The van der Waals surface area contributed by atoms with Crippen molar-refractivity contribution >= 4 is 22.9 Å². The van der Waals surface area contributed by atoms with Crippen LogP contribution in [0.25, 0.3) is 17.0 Å². The fourth-order valence-corrected chi connectivity index (χ4v) is 4.62. The molecule has 9 heteroatoms. The van der Waals surface area contributed by atoms with Gasteiger partial charge in [0, 0.05) is 17.8 Å². The van der Waals surface area contributed by atoms with Crippen LogP contribution in [0.5, 0.6) is 17.2 Å². The van der Waals surface area contributed by atoms with Gasteiger partial charge in [-0.2, -0.15) is 4.98 Å². The number of nitrogens with one attached hydrogen (secondary N) is 1. The summed E-state index contributed by atoms with van der Waals surface area (Å²) in [7, 11) is 1.66. The van der Waals surface area contributed by atoms with E-state index in [9.17, 15) is 0 Å². The molecule has 2 aliphatic rings. The molecule has 0 amide bonds. The zero-order chi connectivity index (χ0) is 24.5. The van der Waals surface area contributed by atoms with Crippen molar-refractivity contribution in [2.75, 3.05) is 20.4 Å². The number of hydrogen-bond donors (Lipinski definition) is 1. The van der Waals surface area contributed by atoms with Gasteiger partial charge in [0.1, 0.15) is 5.75 Å². The van der Waals surface area contributed by atoms with Gasteiger partial charge in [0.2, 0.25) is 12.6 Å². The van der Waals surface area contributed by atoms with Crippen LogP contribution in [0.1, 0.15) is 44.7 Å². The lowest BCUT2D eigenvalue weighted by Crippen LogP contribution is -2.46. The lowest BCUT2D eigenvalue weighted by Gasteiger charge is -2.37. The lowest BCUT2D eigenvalue weighted by atomic mass is 9.94. The molecule has 0 saturated heterocycles. The van der Waals surface area contributed by atoms with Crippen LogP contribution >= 0.6 is 12.2 Å². The van der Waals surface area contributed by atoms with E-state index < -0.39 is 0 Å². The Bertz CT molecular complexity index is 1290. The van der Waals surface area contributed by atoms with Gasteiger partial charge in [-0.3, -0.25) is 0 Å². The second-order valence-corrected chi connectivity index (χ2v) is 9.37. The zero-order valence-electron chi connectivity index (χ0n) is 20.2. The van der Waals surface area contributed by atoms with E-state index in [0.717, 1.165) is 41.1 Å². The molecule has 182 valence electrons. The standard InChI is InChI=1S/C26H28N4O4S/c1-15(2)10-11-30-16(3)22(23(27-26(30)35)17-6-5-7-19(12-17)31-4)25-28-24(29-34-25)18-8-9-20-21(13-18)33-14-32-20/h5-9,12-13,15,23H,10-11,14H2,1-4H3,(H,27,35). The maximum Gasteiger partial charge on any atom is 0.258 e. The summed E-state index contributed by atoms with van der Waals surface area (Å²) in [5, 5.41) is 8.46. The Morgan fingerprint density at radius 1 is 1.17 bits per heavy atom. The molecular weight excluding hydrogens is 464 g/mol. The molecule has 5 rings (SSSR count). The highest BCUT2D eigenvalue weighted by atomic mass is 32.1. The molecule has 1 atom stereocenters. The molecular formula is C26H28N4O4S. The van der Waals surface area contributed by atoms with Crippen LogP contribution in [0.4, 0.5) is 0 Å². The quantitative estimate of drug-likeness (QED) is 0.449. The summed E-state index contributed by atoms with van der Waals surface area (Å²) in [6.45, 7) is 7.47. The molecule has 0 fully saturated rings. The Morgan fingerprint density at radius 3 is 2.80 bits per heavy atom. The second kappa shape index (κ2) is 9.58. The molecule has 3 heterocycles. The van der Waals surface area contributed by atoms with Crippen molar-refractivity contribution < 1.29 is 18.7 Å². The van der Waals surface area contributed by atoms with Crippen LogP contribution < -0.4 is 19.5 Å². The van der Waals surface area contributed by atoms with Crippen LogP contribution in [0, 0.1) is 5.92 Å². The third-order valence-electron chi connectivity index (χ3n) is 6.24. The summed E-state index contributed by atoms with van der Waals surface area (Å²) in [6.07, 6.45) is 1.00. The first-order chi connectivity index (χ1) is 16.9. The van der Waals surface area contributed by atoms with Crippen molar-refractivity contribution in [2.45, 2.75) is 33.2 Å². The number of fused-ring (bicyclic) bond motifs is 1. The van der Waals surface area contributed by atoms with Crippen LogP contribution in [0.3, 0.4) is 0 Å². The first-order valence-corrected chi connectivity index (χ1v) is 12.0. The number of benzene rings is 2. The monoisotopic (exact) mass is 492 g/mol. The Kier molecular flexibility index (Phi) is 6.34. The van der Waals surface area contributed by atoms with Crippen molar-refractivity contribution in [1.29, 1.82) is 0 Å². The summed E-state index contributed by atoms with van der Waals surface area (Å²) >= 11 is 5.78. The number of allylic oxidation sites excluding steroid dienone is 1. The Labute approximate surface area is 209 Å². The number of hydrogen-bond acceptors (Lipinski definition) is 7. The van der Waals surface area contributed by atoms with E-state index in [1.54, 1.807) is 7.11 Å². The number of aromatic nitrogens is 2. The number of methoxy groups -OCH3 is 1. The smallest absolute Gasteiger partial charge is 0.258 e. The Morgan fingerprint density at radius 2 is 2.00 bits per heavy atom. The van der Waals surface area contributed by atoms with Gasteiger partial charge in [0.05, 0.1) is 18.7 Å². The van der Waals surface area contributed by atoms with E-state index in [4.69, 9.17) is 35.9 Å². The molecule has 0 aliphatic carbocycles. The van der Waals surface area contributed by atoms with Gasteiger partial charge in [-0.25, -0.2) is 0 Å². The zero-order valence-corrected chi connectivity index (χ0v) is 21.0. The first-order valence-electron chi connectivity index (χ1n) is 11.6. The maximum atomic E-state index is 5.83. The van der Waals surface area contributed by atoms with Gasteiger partial charge in [0.25, 0.3) is 5.89 Å². The highest BCUT2D eigenvalue weighted by Gasteiger charge is 2.34. The van der Waals surface area contributed by atoms with Crippen molar-refractivity contribution in [2.24, 2.45) is 5.92 Å². The van der Waals surface area contributed by atoms with Gasteiger partial charge in [-0.15, -0.1) is 0 Å². The van der Waals surface area contributed by atoms with E-state index in [2.05, 4.69) is 36.1 Å². The van der Waals surface area contributed by atoms with Crippen LogP contribution in [-0.4, -0.2) is 40.6 Å². The van der Waals surface area contributed by atoms with Crippen molar-refractivity contribution in [3.8, 4) is 28.6 Å².